The molecule has 6 heteroatoms. The van der Waals surface area contributed by atoms with Crippen LogP contribution in [0.4, 0.5) is 5.69 Å². The van der Waals surface area contributed by atoms with Gasteiger partial charge in [0.1, 0.15) is 6.20 Å². The number of hydrogen-bond acceptors (Lipinski definition) is 4. The first kappa shape index (κ1) is 11.1. The molecule has 0 aliphatic rings. The van der Waals surface area contributed by atoms with E-state index < -0.39 is 4.92 Å². The number of carbonyl (C=O) groups excluding carboxylic acids is 1. The molecule has 0 bridgehead atoms. The van der Waals surface area contributed by atoms with E-state index in [2.05, 4.69) is 11.7 Å². The normalized spacial score (nSPS) is 9.93. The van der Waals surface area contributed by atoms with Crippen molar-refractivity contribution in [3.8, 4) is 0 Å². The fourth-order valence-corrected chi connectivity index (χ4v) is 1.23. The number of rotatable bonds is 5. The predicted octanol–water partition coefficient (Wildman–Crippen LogP) is 1.48. The summed E-state index contributed by atoms with van der Waals surface area (Å²) in [6.07, 6.45) is 3.40. The van der Waals surface area contributed by atoms with Crippen LogP contribution in [0.3, 0.4) is 0 Å². The molecule has 0 aliphatic carbocycles. The van der Waals surface area contributed by atoms with Gasteiger partial charge in [0, 0.05) is 13.5 Å². The van der Waals surface area contributed by atoms with Crippen LogP contribution in [0.1, 0.15) is 23.3 Å². The molecule has 15 heavy (non-hydrogen) atoms. The van der Waals surface area contributed by atoms with E-state index in [1.165, 1.54) is 11.7 Å². The van der Waals surface area contributed by atoms with E-state index in [9.17, 15) is 14.9 Å². The minimum absolute atomic E-state index is 0.0434. The Hall–Kier alpha value is -1.98. The molecule has 0 aliphatic heterocycles. The molecule has 80 valence electrons. The molecule has 0 atom stereocenters. The zero-order chi connectivity index (χ0) is 11.4. The molecular formula is C9H11N3O3. The van der Waals surface area contributed by atoms with Crippen molar-refractivity contribution in [3.05, 3.63) is 34.7 Å². The molecule has 0 amide bonds. The summed E-state index contributed by atoms with van der Waals surface area (Å²) >= 11 is 0. The number of aromatic nitrogens is 2. The van der Waals surface area contributed by atoms with Crippen LogP contribution in [0.2, 0.25) is 0 Å². The summed E-state index contributed by atoms with van der Waals surface area (Å²) in [5, 5.41) is 14.3. The number of carbonyl (C=O) groups is 1. The quantitative estimate of drug-likeness (QED) is 0.318. The second-order valence-corrected chi connectivity index (χ2v) is 3.01. The molecular weight excluding hydrogens is 198 g/mol. The zero-order valence-corrected chi connectivity index (χ0v) is 8.34. The van der Waals surface area contributed by atoms with Crippen molar-refractivity contribution in [2.24, 2.45) is 7.05 Å². The lowest BCUT2D eigenvalue weighted by Gasteiger charge is -1.98. The Morgan fingerprint density at radius 2 is 2.47 bits per heavy atom. The fourth-order valence-electron chi connectivity index (χ4n) is 1.23. The highest BCUT2D eigenvalue weighted by Crippen LogP contribution is 2.18. The largest absolute Gasteiger partial charge is 0.317 e. The summed E-state index contributed by atoms with van der Waals surface area (Å²) in [6, 6.07) is 0. The van der Waals surface area contributed by atoms with Crippen LogP contribution in [0.25, 0.3) is 0 Å². The smallest absolute Gasteiger partial charge is 0.292 e. The lowest BCUT2D eigenvalue weighted by atomic mass is 10.1. The molecule has 6 nitrogen and oxygen atoms in total. The molecule has 1 aromatic heterocycles. The third kappa shape index (κ3) is 2.28. The van der Waals surface area contributed by atoms with Gasteiger partial charge in [0.25, 0.3) is 0 Å². The van der Waals surface area contributed by atoms with E-state index in [1.54, 1.807) is 6.08 Å². The third-order valence-corrected chi connectivity index (χ3v) is 1.96. The van der Waals surface area contributed by atoms with E-state index in [1.807, 2.05) is 0 Å². The number of Topliss-reactive ketones (excluding diaryl/α,β-unsaturated/α-hetero) is 1. The molecule has 0 saturated carbocycles. The van der Waals surface area contributed by atoms with Gasteiger partial charge in [-0.05, 0) is 6.42 Å². The van der Waals surface area contributed by atoms with Crippen molar-refractivity contribution in [2.75, 3.05) is 0 Å². The molecule has 1 heterocycles. The average Bonchev–Trinajstić information content (AvgIpc) is 2.56. The maximum Gasteiger partial charge on any atom is 0.317 e. The number of aryl methyl sites for hydroxylation is 1. The molecule has 0 spiro atoms. The monoisotopic (exact) mass is 209 g/mol. The molecule has 1 aromatic rings. The maximum absolute atomic E-state index is 11.6. The second kappa shape index (κ2) is 4.50. The first-order valence-electron chi connectivity index (χ1n) is 4.38. The summed E-state index contributed by atoms with van der Waals surface area (Å²) in [4.78, 5) is 21.6. The Morgan fingerprint density at radius 1 is 1.80 bits per heavy atom. The van der Waals surface area contributed by atoms with Gasteiger partial charge in [-0.15, -0.1) is 6.58 Å². The summed E-state index contributed by atoms with van der Waals surface area (Å²) in [5.41, 5.74) is -0.201. The van der Waals surface area contributed by atoms with E-state index in [4.69, 9.17) is 0 Å². The van der Waals surface area contributed by atoms with Crippen LogP contribution in [-0.2, 0) is 7.05 Å². The first-order valence-corrected chi connectivity index (χ1v) is 4.38. The van der Waals surface area contributed by atoms with Crippen molar-refractivity contribution in [1.29, 1.82) is 0 Å². The molecule has 0 unspecified atom stereocenters. The zero-order valence-electron chi connectivity index (χ0n) is 8.34. The minimum Gasteiger partial charge on any atom is -0.292 e. The molecule has 0 aromatic carbocycles. The summed E-state index contributed by atoms with van der Waals surface area (Å²) < 4.78 is 1.23. The van der Waals surface area contributed by atoms with Gasteiger partial charge >= 0.3 is 5.69 Å². The lowest BCUT2D eigenvalue weighted by molar-refractivity contribution is -0.385. The Balaban J connectivity index is 3.00. The van der Waals surface area contributed by atoms with Gasteiger partial charge in [-0.3, -0.25) is 19.6 Å². The van der Waals surface area contributed by atoms with Gasteiger partial charge in [-0.2, -0.15) is 5.10 Å². The second-order valence-electron chi connectivity index (χ2n) is 3.01. The molecule has 0 saturated heterocycles. The average molecular weight is 209 g/mol. The van der Waals surface area contributed by atoms with Crippen molar-refractivity contribution < 1.29 is 9.72 Å². The Kier molecular flexibility index (Phi) is 3.33. The minimum atomic E-state index is -0.603. The van der Waals surface area contributed by atoms with Crippen LogP contribution in [0.15, 0.2) is 18.9 Å². The summed E-state index contributed by atoms with van der Waals surface area (Å²) in [5.74, 6) is -0.290. The SMILES string of the molecule is C=CCCC(=O)c1c([N+](=O)[O-])cnn1C. The van der Waals surface area contributed by atoms with Crippen LogP contribution in [0.5, 0.6) is 0 Å². The van der Waals surface area contributed by atoms with Crippen molar-refractivity contribution >= 4 is 11.5 Å². The van der Waals surface area contributed by atoms with E-state index in [-0.39, 0.29) is 23.6 Å². The highest BCUT2D eigenvalue weighted by Gasteiger charge is 2.24. The molecule has 0 N–H and O–H groups in total. The maximum atomic E-state index is 11.6. The van der Waals surface area contributed by atoms with Gasteiger partial charge in [0.05, 0.1) is 4.92 Å². The highest BCUT2D eigenvalue weighted by atomic mass is 16.6. The molecule has 0 fully saturated rings. The fraction of sp³-hybridized carbons (Fsp3) is 0.333. The number of allylic oxidation sites excluding steroid dienone is 1. The van der Waals surface area contributed by atoms with Crippen LogP contribution < -0.4 is 0 Å². The van der Waals surface area contributed by atoms with Crippen LogP contribution in [-0.4, -0.2) is 20.5 Å². The third-order valence-electron chi connectivity index (χ3n) is 1.96. The predicted molar refractivity (Wildman–Crippen MR) is 53.6 cm³/mol. The molecule has 0 radical (unpaired) electrons. The van der Waals surface area contributed by atoms with Gasteiger partial charge in [-0.1, -0.05) is 6.08 Å². The van der Waals surface area contributed by atoms with Crippen LogP contribution >= 0.6 is 0 Å². The highest BCUT2D eigenvalue weighted by molar-refractivity contribution is 5.98. The Labute approximate surface area is 86.4 Å². The van der Waals surface area contributed by atoms with Gasteiger partial charge < -0.3 is 0 Å². The van der Waals surface area contributed by atoms with Crippen molar-refractivity contribution in [3.63, 3.8) is 0 Å². The van der Waals surface area contributed by atoms with Gasteiger partial charge in [-0.25, -0.2) is 0 Å². The Morgan fingerprint density at radius 3 is 3.00 bits per heavy atom. The van der Waals surface area contributed by atoms with E-state index in [0.717, 1.165) is 6.20 Å². The van der Waals surface area contributed by atoms with E-state index >= 15 is 0 Å². The summed E-state index contributed by atoms with van der Waals surface area (Å²) in [6.45, 7) is 3.49. The van der Waals surface area contributed by atoms with Crippen molar-refractivity contribution in [2.45, 2.75) is 12.8 Å². The van der Waals surface area contributed by atoms with Gasteiger partial charge in [0.2, 0.25) is 0 Å². The number of nitrogens with zero attached hydrogens (tertiary/aromatic N) is 3. The van der Waals surface area contributed by atoms with Gasteiger partial charge in [0.15, 0.2) is 11.5 Å². The summed E-state index contributed by atoms with van der Waals surface area (Å²) in [7, 11) is 1.51. The number of hydrogen-bond donors (Lipinski definition) is 0. The molecule has 1 rings (SSSR count). The van der Waals surface area contributed by atoms with Crippen LogP contribution in [0, 0.1) is 10.1 Å². The first-order chi connectivity index (χ1) is 7.07. The number of nitro groups is 1. The van der Waals surface area contributed by atoms with Crippen molar-refractivity contribution in [1.82, 2.24) is 9.78 Å². The standard InChI is InChI=1S/C9H11N3O3/c1-3-4-5-8(13)9-7(12(14)15)6-10-11(9)2/h3,6H,1,4-5H2,2H3. The topological polar surface area (TPSA) is 78.0 Å². The lowest BCUT2D eigenvalue weighted by Crippen LogP contribution is -2.08. The number of ketones is 1. The van der Waals surface area contributed by atoms with E-state index in [0.29, 0.717) is 6.42 Å². The Bertz CT molecular complexity index is 409.